The van der Waals surface area contributed by atoms with Crippen LogP contribution in [0.25, 0.3) is 0 Å². The highest BCUT2D eigenvalue weighted by Gasteiger charge is 2.48. The van der Waals surface area contributed by atoms with Gasteiger partial charge in [0.15, 0.2) is 0 Å². The number of carbonyl (C=O) groups excluding carboxylic acids is 2. The lowest BCUT2D eigenvalue weighted by Gasteiger charge is -2.42. The molecule has 0 aromatic rings. The van der Waals surface area contributed by atoms with Gasteiger partial charge in [0.1, 0.15) is 0 Å². The van der Waals surface area contributed by atoms with Gasteiger partial charge in [0.25, 0.3) is 5.91 Å². The van der Waals surface area contributed by atoms with E-state index in [1.54, 1.807) is 5.57 Å². The first-order chi connectivity index (χ1) is 14.4. The van der Waals surface area contributed by atoms with E-state index < -0.39 is 5.91 Å². The molecule has 1 amide bonds. The number of rotatable bonds is 8. The molecule has 0 heterocycles. The number of allylic oxidation sites excluding steroid dienone is 3. The molecule has 0 aromatic carbocycles. The largest absolute Gasteiger partial charge is 0.393 e. The van der Waals surface area contributed by atoms with E-state index in [4.69, 9.17) is 0 Å². The lowest BCUT2D eigenvalue weighted by molar-refractivity contribution is -0.137. The zero-order chi connectivity index (χ0) is 21.6. The van der Waals surface area contributed by atoms with Crippen LogP contribution in [0, 0.1) is 17.3 Å². The van der Waals surface area contributed by atoms with Crippen molar-refractivity contribution in [2.75, 3.05) is 7.05 Å². The second-order valence-corrected chi connectivity index (χ2v) is 10.1. The molecule has 2 N–H and O–H groups in total. The Hall–Kier alpha value is -1.42. The van der Waals surface area contributed by atoms with E-state index in [0.717, 1.165) is 56.8 Å². The summed E-state index contributed by atoms with van der Waals surface area (Å²) in [6.07, 6.45) is 19.9. The summed E-state index contributed by atoms with van der Waals surface area (Å²) in [5, 5.41) is 12.3. The van der Waals surface area contributed by atoms with Gasteiger partial charge < -0.3 is 10.4 Å². The van der Waals surface area contributed by atoms with Crippen molar-refractivity contribution in [2.45, 2.75) is 103 Å². The maximum Gasteiger partial charge on any atom is 0.287 e. The maximum absolute atomic E-state index is 11.6. The minimum absolute atomic E-state index is 0.137. The fourth-order valence-corrected chi connectivity index (χ4v) is 6.37. The van der Waals surface area contributed by atoms with Crippen molar-refractivity contribution in [3.05, 3.63) is 23.3 Å². The SMILES string of the molecule is CNC(=O)C(=O)CCCCCC1CCC2/C(=C/C=C3/CCCC(O)C3)CCCC12C. The maximum atomic E-state index is 11.6. The van der Waals surface area contributed by atoms with E-state index in [9.17, 15) is 14.7 Å². The molecule has 0 radical (unpaired) electrons. The first kappa shape index (κ1) is 23.2. The van der Waals surface area contributed by atoms with Crippen LogP contribution in [0.2, 0.25) is 0 Å². The summed E-state index contributed by atoms with van der Waals surface area (Å²) in [5.41, 5.74) is 3.50. The molecule has 30 heavy (non-hydrogen) atoms. The molecule has 4 heteroatoms. The standard InChI is InChI=1S/C26H41NO3/c1-26-17-7-9-20(14-13-19-8-6-11-22(28)18-19)23(26)16-15-21(26)10-4-3-5-12-24(29)25(30)27-2/h13-14,21-23,28H,3-12,15-18H2,1-2H3,(H,27,30)/b19-13-,20-14+. The molecule has 3 aliphatic rings. The van der Waals surface area contributed by atoms with Crippen molar-refractivity contribution in [3.8, 4) is 0 Å². The fourth-order valence-electron chi connectivity index (χ4n) is 6.37. The molecule has 0 saturated heterocycles. The third kappa shape index (κ3) is 5.63. The summed E-state index contributed by atoms with van der Waals surface area (Å²) in [6, 6.07) is 0. The zero-order valence-corrected chi connectivity index (χ0v) is 19.0. The first-order valence-corrected chi connectivity index (χ1v) is 12.3. The van der Waals surface area contributed by atoms with Gasteiger partial charge >= 0.3 is 0 Å². The Kier molecular flexibility index (Phi) is 8.33. The highest BCUT2D eigenvalue weighted by Crippen LogP contribution is 2.58. The Morgan fingerprint density at radius 1 is 1.10 bits per heavy atom. The number of aliphatic hydroxyl groups excluding tert-OH is 1. The molecule has 0 spiro atoms. The number of carbonyl (C=O) groups is 2. The van der Waals surface area contributed by atoms with Crippen molar-refractivity contribution < 1.29 is 14.7 Å². The number of Topliss-reactive ketones (excluding diaryl/α,β-unsaturated/α-hetero) is 1. The van der Waals surface area contributed by atoms with Crippen molar-refractivity contribution in [2.24, 2.45) is 17.3 Å². The van der Waals surface area contributed by atoms with Gasteiger partial charge in [-0.2, -0.15) is 0 Å². The number of nitrogens with one attached hydrogen (secondary N) is 1. The van der Waals surface area contributed by atoms with E-state index in [2.05, 4.69) is 24.4 Å². The molecule has 4 atom stereocenters. The Labute approximate surface area is 182 Å². The van der Waals surface area contributed by atoms with E-state index in [1.807, 2.05) is 0 Å². The molecule has 0 aromatic heterocycles. The van der Waals surface area contributed by atoms with E-state index in [1.165, 1.54) is 51.1 Å². The van der Waals surface area contributed by atoms with E-state index in [0.29, 0.717) is 11.8 Å². The van der Waals surface area contributed by atoms with Gasteiger partial charge in [-0.25, -0.2) is 0 Å². The lowest BCUT2D eigenvalue weighted by atomic mass is 9.62. The van der Waals surface area contributed by atoms with Crippen LogP contribution in [-0.2, 0) is 9.59 Å². The minimum atomic E-state index is -0.458. The third-order valence-electron chi connectivity index (χ3n) is 8.16. The first-order valence-electron chi connectivity index (χ1n) is 12.3. The van der Waals surface area contributed by atoms with Gasteiger partial charge in [0.05, 0.1) is 6.10 Å². The van der Waals surface area contributed by atoms with E-state index >= 15 is 0 Å². The number of ketones is 1. The Morgan fingerprint density at radius 3 is 2.70 bits per heavy atom. The van der Waals surface area contributed by atoms with Crippen LogP contribution in [0.4, 0.5) is 0 Å². The van der Waals surface area contributed by atoms with Crippen LogP contribution in [-0.4, -0.2) is 29.9 Å². The molecule has 3 aliphatic carbocycles. The summed E-state index contributed by atoms with van der Waals surface area (Å²) in [6.45, 7) is 2.52. The van der Waals surface area contributed by atoms with E-state index in [-0.39, 0.29) is 11.9 Å². The molecule has 0 aliphatic heterocycles. The van der Waals surface area contributed by atoms with Gasteiger partial charge in [0, 0.05) is 13.5 Å². The van der Waals surface area contributed by atoms with Gasteiger partial charge in [0.2, 0.25) is 5.78 Å². The smallest absolute Gasteiger partial charge is 0.287 e. The molecule has 3 fully saturated rings. The zero-order valence-electron chi connectivity index (χ0n) is 19.0. The topological polar surface area (TPSA) is 66.4 Å². The minimum Gasteiger partial charge on any atom is -0.393 e. The quantitative estimate of drug-likeness (QED) is 0.420. The van der Waals surface area contributed by atoms with Gasteiger partial charge in [-0.1, -0.05) is 43.1 Å². The average molecular weight is 416 g/mol. The molecule has 3 saturated carbocycles. The van der Waals surface area contributed by atoms with Crippen LogP contribution in [0.15, 0.2) is 23.3 Å². The van der Waals surface area contributed by atoms with Crippen LogP contribution in [0.1, 0.15) is 96.8 Å². The number of likely N-dealkylation sites (N-methyl/N-ethyl adjacent to an activating group) is 1. The predicted molar refractivity (Wildman–Crippen MR) is 121 cm³/mol. The van der Waals surface area contributed by atoms with Crippen molar-refractivity contribution in [3.63, 3.8) is 0 Å². The van der Waals surface area contributed by atoms with Crippen molar-refractivity contribution in [1.82, 2.24) is 5.32 Å². The van der Waals surface area contributed by atoms with Crippen LogP contribution < -0.4 is 5.32 Å². The second kappa shape index (κ2) is 10.7. The number of hydrogen-bond acceptors (Lipinski definition) is 3. The number of hydrogen-bond donors (Lipinski definition) is 2. The van der Waals surface area contributed by atoms with Crippen molar-refractivity contribution >= 4 is 11.7 Å². The normalized spacial score (nSPS) is 34.2. The summed E-state index contributed by atoms with van der Waals surface area (Å²) < 4.78 is 0. The van der Waals surface area contributed by atoms with Crippen molar-refractivity contribution in [1.29, 1.82) is 0 Å². The molecule has 168 valence electrons. The average Bonchev–Trinajstić information content (AvgIpc) is 3.08. The number of aliphatic hydroxyl groups is 1. The summed E-state index contributed by atoms with van der Waals surface area (Å²) in [4.78, 5) is 22.9. The molecule has 4 nitrogen and oxygen atoms in total. The Balaban J connectivity index is 1.50. The second-order valence-electron chi connectivity index (χ2n) is 10.1. The molecular weight excluding hydrogens is 374 g/mol. The van der Waals surface area contributed by atoms with Gasteiger partial charge in [-0.05, 0) is 87.9 Å². The Morgan fingerprint density at radius 2 is 1.93 bits per heavy atom. The molecule has 0 bridgehead atoms. The number of amides is 1. The lowest BCUT2D eigenvalue weighted by Crippen LogP contribution is -2.33. The van der Waals surface area contributed by atoms with Crippen LogP contribution >= 0.6 is 0 Å². The monoisotopic (exact) mass is 415 g/mol. The summed E-state index contributed by atoms with van der Waals surface area (Å²) in [5.74, 6) is 0.758. The fraction of sp³-hybridized carbons (Fsp3) is 0.769. The molecular formula is C26H41NO3. The third-order valence-corrected chi connectivity index (χ3v) is 8.16. The highest BCUT2D eigenvalue weighted by atomic mass is 16.3. The highest BCUT2D eigenvalue weighted by molar-refractivity contribution is 6.36. The number of fused-ring (bicyclic) bond motifs is 1. The predicted octanol–water partition coefficient (Wildman–Crippen LogP) is 5.26. The van der Waals surface area contributed by atoms with Gasteiger partial charge in [-0.15, -0.1) is 0 Å². The summed E-state index contributed by atoms with van der Waals surface area (Å²) in [7, 11) is 1.51. The van der Waals surface area contributed by atoms with Crippen LogP contribution in [0.3, 0.4) is 0 Å². The number of unbranched alkanes of at least 4 members (excludes halogenated alkanes) is 2. The van der Waals surface area contributed by atoms with Gasteiger partial charge in [-0.3, -0.25) is 9.59 Å². The summed E-state index contributed by atoms with van der Waals surface area (Å²) >= 11 is 0. The Bertz CT molecular complexity index is 680. The molecule has 3 rings (SSSR count). The van der Waals surface area contributed by atoms with Crippen LogP contribution in [0.5, 0.6) is 0 Å². The molecule has 4 unspecified atom stereocenters.